The first-order valence-electron chi connectivity index (χ1n) is 7.20. The van der Waals surface area contributed by atoms with E-state index in [1.807, 2.05) is 0 Å². The van der Waals surface area contributed by atoms with Gasteiger partial charge in [-0.3, -0.25) is 4.79 Å². The van der Waals surface area contributed by atoms with Gasteiger partial charge in [-0.05, 0) is 38.0 Å². The van der Waals surface area contributed by atoms with Crippen LogP contribution in [0.5, 0.6) is 0 Å². The van der Waals surface area contributed by atoms with Gasteiger partial charge in [-0.25, -0.2) is 0 Å². The van der Waals surface area contributed by atoms with Crippen LogP contribution in [0.15, 0.2) is 0 Å². The molecule has 2 N–H and O–H groups in total. The minimum atomic E-state index is 0.306. The molecule has 2 unspecified atom stereocenters. The van der Waals surface area contributed by atoms with Crippen LogP contribution in [0.1, 0.15) is 58.8 Å². The van der Waals surface area contributed by atoms with Crippen molar-refractivity contribution < 1.29 is 4.79 Å². The molecule has 0 bridgehead atoms. The van der Waals surface area contributed by atoms with E-state index in [4.69, 9.17) is 5.73 Å². The fourth-order valence-electron chi connectivity index (χ4n) is 2.49. The average molecular weight is 240 g/mol. The summed E-state index contributed by atoms with van der Waals surface area (Å²) in [6.45, 7) is 6.21. The summed E-state index contributed by atoms with van der Waals surface area (Å²) in [6.07, 6.45) is 7.35. The van der Waals surface area contributed by atoms with E-state index in [0.29, 0.717) is 11.9 Å². The topological polar surface area (TPSA) is 46.3 Å². The molecule has 3 nitrogen and oxygen atoms in total. The molecule has 1 heterocycles. The summed E-state index contributed by atoms with van der Waals surface area (Å²) in [5.74, 6) is 1.10. The first-order valence-corrected chi connectivity index (χ1v) is 7.20. The number of rotatable bonds is 6. The molecule has 0 radical (unpaired) electrons. The van der Waals surface area contributed by atoms with Crippen LogP contribution < -0.4 is 5.73 Å². The highest BCUT2D eigenvalue weighted by Crippen LogP contribution is 2.21. The minimum absolute atomic E-state index is 0.306. The molecule has 17 heavy (non-hydrogen) atoms. The van der Waals surface area contributed by atoms with Gasteiger partial charge in [-0.1, -0.05) is 20.3 Å². The smallest absolute Gasteiger partial charge is 0.222 e. The molecule has 0 aromatic carbocycles. The van der Waals surface area contributed by atoms with Crippen LogP contribution in [-0.4, -0.2) is 29.9 Å². The zero-order valence-corrected chi connectivity index (χ0v) is 11.5. The van der Waals surface area contributed by atoms with Crippen molar-refractivity contribution in [2.24, 2.45) is 11.7 Å². The second-order valence-electron chi connectivity index (χ2n) is 5.29. The third-order valence-corrected chi connectivity index (χ3v) is 4.03. The van der Waals surface area contributed by atoms with Crippen LogP contribution in [0, 0.1) is 5.92 Å². The van der Waals surface area contributed by atoms with E-state index >= 15 is 0 Å². The van der Waals surface area contributed by atoms with Crippen molar-refractivity contribution in [3.05, 3.63) is 0 Å². The third kappa shape index (κ3) is 5.07. The van der Waals surface area contributed by atoms with Crippen LogP contribution in [-0.2, 0) is 4.79 Å². The zero-order valence-electron chi connectivity index (χ0n) is 11.5. The number of carbonyl (C=O) groups excluding carboxylic acids is 1. The predicted octanol–water partition coefficient (Wildman–Crippen LogP) is 2.54. The highest BCUT2D eigenvalue weighted by atomic mass is 16.2. The Bertz CT molecular complexity index is 230. The van der Waals surface area contributed by atoms with E-state index in [-0.39, 0.29) is 0 Å². The van der Waals surface area contributed by atoms with Gasteiger partial charge < -0.3 is 10.6 Å². The Labute approximate surface area is 106 Å². The van der Waals surface area contributed by atoms with Crippen LogP contribution in [0.2, 0.25) is 0 Å². The lowest BCUT2D eigenvalue weighted by Crippen LogP contribution is -2.32. The average Bonchev–Trinajstić information content (AvgIpc) is 2.52. The summed E-state index contributed by atoms with van der Waals surface area (Å²) in [5, 5.41) is 0. The second-order valence-corrected chi connectivity index (χ2v) is 5.29. The van der Waals surface area contributed by atoms with Gasteiger partial charge >= 0.3 is 0 Å². The van der Waals surface area contributed by atoms with Gasteiger partial charge in [-0.15, -0.1) is 0 Å². The van der Waals surface area contributed by atoms with Gasteiger partial charge in [0.05, 0.1) is 0 Å². The molecule has 0 aromatic heterocycles. The molecule has 0 spiro atoms. The summed E-state index contributed by atoms with van der Waals surface area (Å²) < 4.78 is 0. The maximum atomic E-state index is 11.9. The van der Waals surface area contributed by atoms with Crippen LogP contribution >= 0.6 is 0 Å². The summed E-state index contributed by atoms with van der Waals surface area (Å²) in [5.41, 5.74) is 5.89. The van der Waals surface area contributed by atoms with E-state index in [1.54, 1.807) is 0 Å². The molecular formula is C14H28N2O. The fraction of sp³-hybridized carbons (Fsp3) is 0.929. The third-order valence-electron chi connectivity index (χ3n) is 4.03. The van der Waals surface area contributed by atoms with Crippen LogP contribution in [0.4, 0.5) is 0 Å². The van der Waals surface area contributed by atoms with E-state index in [1.165, 1.54) is 12.8 Å². The second kappa shape index (κ2) is 7.70. The molecule has 2 atom stereocenters. The number of hydrogen-bond donors (Lipinski definition) is 1. The normalized spacial score (nSPS) is 23.6. The lowest BCUT2D eigenvalue weighted by molar-refractivity contribution is -0.130. The molecule has 1 saturated heterocycles. The van der Waals surface area contributed by atoms with Gasteiger partial charge in [0.25, 0.3) is 0 Å². The molecule has 3 heteroatoms. The molecule has 100 valence electrons. The van der Waals surface area contributed by atoms with Gasteiger partial charge in [0, 0.05) is 25.6 Å². The highest BCUT2D eigenvalue weighted by Gasteiger charge is 2.20. The van der Waals surface area contributed by atoms with Crippen molar-refractivity contribution in [3.63, 3.8) is 0 Å². The van der Waals surface area contributed by atoms with Crippen LogP contribution in [0.3, 0.4) is 0 Å². The SMILES string of the molecule is CCC(N)CCCN1CCC(CC)CCC1=O. The van der Waals surface area contributed by atoms with Gasteiger partial charge in [0.2, 0.25) is 5.91 Å². The monoisotopic (exact) mass is 240 g/mol. The Morgan fingerprint density at radius 2 is 2.18 bits per heavy atom. The Morgan fingerprint density at radius 1 is 1.41 bits per heavy atom. The summed E-state index contributed by atoms with van der Waals surface area (Å²) in [7, 11) is 0. The molecule has 1 rings (SSSR count). The lowest BCUT2D eigenvalue weighted by atomic mass is 9.98. The van der Waals surface area contributed by atoms with Gasteiger partial charge in [0.15, 0.2) is 0 Å². The summed E-state index contributed by atoms with van der Waals surface area (Å²) in [4.78, 5) is 14.0. The Morgan fingerprint density at radius 3 is 2.82 bits per heavy atom. The van der Waals surface area contributed by atoms with Crippen molar-refractivity contribution in [2.45, 2.75) is 64.8 Å². The minimum Gasteiger partial charge on any atom is -0.343 e. The predicted molar refractivity (Wildman–Crippen MR) is 71.7 cm³/mol. The quantitative estimate of drug-likeness (QED) is 0.775. The van der Waals surface area contributed by atoms with Crippen molar-refractivity contribution in [2.75, 3.05) is 13.1 Å². The number of nitrogens with zero attached hydrogens (tertiary/aromatic N) is 1. The van der Waals surface area contributed by atoms with Crippen molar-refractivity contribution in [1.29, 1.82) is 0 Å². The van der Waals surface area contributed by atoms with Crippen molar-refractivity contribution in [3.8, 4) is 0 Å². The summed E-state index contributed by atoms with van der Waals surface area (Å²) in [6, 6.07) is 0.306. The first-order chi connectivity index (χ1) is 8.17. The maximum absolute atomic E-state index is 11.9. The number of amides is 1. The molecule has 1 fully saturated rings. The Hall–Kier alpha value is -0.570. The first kappa shape index (κ1) is 14.5. The van der Waals surface area contributed by atoms with E-state index in [0.717, 1.165) is 51.1 Å². The lowest BCUT2D eigenvalue weighted by Gasteiger charge is -2.21. The van der Waals surface area contributed by atoms with Gasteiger partial charge in [0.1, 0.15) is 0 Å². The largest absolute Gasteiger partial charge is 0.343 e. The number of hydrogen-bond acceptors (Lipinski definition) is 2. The molecule has 1 aliphatic heterocycles. The number of carbonyl (C=O) groups is 1. The Kier molecular flexibility index (Phi) is 6.56. The van der Waals surface area contributed by atoms with E-state index in [9.17, 15) is 4.79 Å². The maximum Gasteiger partial charge on any atom is 0.222 e. The van der Waals surface area contributed by atoms with Crippen LogP contribution in [0.25, 0.3) is 0 Å². The molecule has 0 aromatic rings. The zero-order chi connectivity index (χ0) is 12.7. The molecule has 1 amide bonds. The fourth-order valence-corrected chi connectivity index (χ4v) is 2.49. The van der Waals surface area contributed by atoms with Crippen molar-refractivity contribution >= 4 is 5.91 Å². The van der Waals surface area contributed by atoms with Gasteiger partial charge in [-0.2, -0.15) is 0 Å². The summed E-state index contributed by atoms with van der Waals surface area (Å²) >= 11 is 0. The highest BCUT2D eigenvalue weighted by molar-refractivity contribution is 5.76. The molecule has 0 saturated carbocycles. The molecule has 1 aliphatic rings. The molecular weight excluding hydrogens is 212 g/mol. The standard InChI is InChI=1S/C14H28N2O/c1-3-12-7-8-14(17)16(11-9-12)10-5-6-13(15)4-2/h12-13H,3-11,15H2,1-2H3. The Balaban J connectivity index is 2.29. The van der Waals surface area contributed by atoms with E-state index < -0.39 is 0 Å². The number of likely N-dealkylation sites (tertiary alicyclic amines) is 1. The van der Waals surface area contributed by atoms with E-state index in [2.05, 4.69) is 18.7 Å². The van der Waals surface area contributed by atoms with Crippen molar-refractivity contribution in [1.82, 2.24) is 4.90 Å². The molecule has 0 aliphatic carbocycles. The number of nitrogens with two attached hydrogens (primary N) is 1.